The van der Waals surface area contributed by atoms with E-state index in [0.29, 0.717) is 76.2 Å². The molecule has 0 saturated carbocycles. The standard InChI is InChI=1S/C64H38N2O12/c1-71-43-23-13-24-44(72-2)59(43)65-61(67)35-27-47-53-55-49(77-41-21-11-7-17-33(41)31-15-5-9-19-39(31)75-47)29-37-52-38(64(70)66(63(37)69)60-45(73-3)25-14-26-46(60)74-4)30-50-56(58(52)55)54-48(28-36(62(65)68)51(35)57(53)54)76-40-20-10-6-16-32(40)34-18-8-12-22-42(34)78-50/h5-30H,1-4H3. The second kappa shape index (κ2) is 16.4. The lowest BCUT2D eigenvalue weighted by Crippen LogP contribution is -2.33. The third-order valence-corrected chi connectivity index (χ3v) is 15.2. The molecule has 0 amide bonds. The first-order valence-corrected chi connectivity index (χ1v) is 24.8. The number of hydrogen-bond donors (Lipinski definition) is 0. The molecule has 14 heteroatoms. The summed E-state index contributed by atoms with van der Waals surface area (Å²) in [5.41, 5.74) is -0.144. The average molecular weight is 1030 g/mol. The van der Waals surface area contributed by atoms with Gasteiger partial charge in [0.2, 0.25) is 0 Å². The summed E-state index contributed by atoms with van der Waals surface area (Å²) in [4.78, 5) is 63.1. The van der Waals surface area contributed by atoms with Gasteiger partial charge in [0.25, 0.3) is 22.2 Å². The summed E-state index contributed by atoms with van der Waals surface area (Å²) >= 11 is 0. The number of fused-ring (bicyclic) bond motifs is 6. The third-order valence-electron chi connectivity index (χ3n) is 15.2. The number of methoxy groups -OCH3 is 4. The van der Waals surface area contributed by atoms with Crippen molar-refractivity contribution in [2.45, 2.75) is 0 Å². The van der Waals surface area contributed by atoms with Crippen molar-refractivity contribution in [2.75, 3.05) is 28.4 Å². The molecular formula is C64H38N2O12. The van der Waals surface area contributed by atoms with Crippen molar-refractivity contribution in [3.8, 4) is 34.4 Å². The minimum absolute atomic E-state index is 0.0966. The molecule has 15 rings (SSSR count). The maximum atomic E-state index is 15.8. The molecule has 0 aliphatic carbocycles. The van der Waals surface area contributed by atoms with E-state index < -0.39 is 22.2 Å². The van der Waals surface area contributed by atoms with Crippen LogP contribution in [-0.4, -0.2) is 37.6 Å². The SMILES string of the molecule is COc1cccc(OC)c1-n1c(=O)c2cc3oc4ccccc4c4ccccc4oc4cc5c(=O)n(-c6c(OC)cccc6OC)c(=O)c6cc7oc8ccccc8c8ccccc8oc8cc(c1=O)c2c1c3c4c(c56)c7c81. The highest BCUT2D eigenvalue weighted by Gasteiger charge is 2.32. The molecule has 0 atom stereocenters. The van der Waals surface area contributed by atoms with Crippen LogP contribution in [0.3, 0.4) is 0 Å². The molecule has 0 aliphatic heterocycles. The average Bonchev–Trinajstić information content (AvgIpc) is 1.26. The van der Waals surface area contributed by atoms with Crippen LogP contribution in [0.25, 0.3) is 142 Å². The Balaban J connectivity index is 1.34. The number of benzene rings is 11. The summed E-state index contributed by atoms with van der Waals surface area (Å²) < 4.78 is 54.6. The zero-order valence-electron chi connectivity index (χ0n) is 41.8. The number of rotatable bonds is 6. The first-order valence-electron chi connectivity index (χ1n) is 24.8. The van der Waals surface area contributed by atoms with Gasteiger partial charge in [0.15, 0.2) is 0 Å². The second-order valence-corrected chi connectivity index (χ2v) is 19.0. The number of pyridine rings is 2. The van der Waals surface area contributed by atoms with E-state index in [-0.39, 0.29) is 89.0 Å². The number of ether oxygens (including phenoxy) is 4. The van der Waals surface area contributed by atoms with Crippen molar-refractivity contribution in [3.05, 3.63) is 199 Å². The Kier molecular flexibility index (Phi) is 9.46. The highest BCUT2D eigenvalue weighted by atomic mass is 16.5. The Bertz CT molecular complexity index is 4840. The summed E-state index contributed by atoms with van der Waals surface area (Å²) in [6, 6.07) is 46.5. The molecule has 0 bridgehead atoms. The third kappa shape index (κ3) is 5.96. The van der Waals surface area contributed by atoms with E-state index in [9.17, 15) is 0 Å². The molecule has 0 unspecified atom stereocenters. The predicted octanol–water partition coefficient (Wildman–Crippen LogP) is 13.5. The summed E-state index contributed by atoms with van der Waals surface area (Å²) in [6.07, 6.45) is 0. The highest BCUT2D eigenvalue weighted by molar-refractivity contribution is 6.47. The van der Waals surface area contributed by atoms with Gasteiger partial charge in [0.05, 0.1) is 50.0 Å². The lowest BCUT2D eigenvalue weighted by Gasteiger charge is -2.21. The van der Waals surface area contributed by atoms with Crippen molar-refractivity contribution in [3.63, 3.8) is 0 Å². The fourth-order valence-electron chi connectivity index (χ4n) is 11.9. The zero-order valence-corrected chi connectivity index (χ0v) is 41.8. The van der Waals surface area contributed by atoms with Gasteiger partial charge in [-0.1, -0.05) is 84.9 Å². The van der Waals surface area contributed by atoms with Crippen molar-refractivity contribution < 1.29 is 36.6 Å². The van der Waals surface area contributed by atoms with Gasteiger partial charge in [-0.15, -0.1) is 0 Å². The van der Waals surface area contributed by atoms with Gasteiger partial charge < -0.3 is 36.6 Å². The van der Waals surface area contributed by atoms with Crippen LogP contribution in [0, 0.1) is 0 Å². The van der Waals surface area contributed by atoms with Crippen LogP contribution in [0.1, 0.15) is 0 Å². The second-order valence-electron chi connectivity index (χ2n) is 19.0. The largest absolute Gasteiger partial charge is 0.494 e. The van der Waals surface area contributed by atoms with Crippen LogP contribution < -0.4 is 41.2 Å². The number of hydrogen-bond acceptors (Lipinski definition) is 12. The van der Waals surface area contributed by atoms with Gasteiger partial charge in [-0.05, 0) is 72.8 Å². The van der Waals surface area contributed by atoms with Crippen LogP contribution in [-0.2, 0) is 0 Å². The lowest BCUT2D eigenvalue weighted by molar-refractivity contribution is 0.390. The molecule has 0 radical (unpaired) electrons. The van der Waals surface area contributed by atoms with Crippen LogP contribution in [0.2, 0.25) is 0 Å². The zero-order chi connectivity index (χ0) is 52.8. The Hall–Kier alpha value is -10.6. The van der Waals surface area contributed by atoms with Gasteiger partial charge in [-0.25, -0.2) is 9.13 Å². The van der Waals surface area contributed by atoms with E-state index >= 15 is 19.2 Å². The molecule has 0 aliphatic rings. The molecule has 376 valence electrons. The topological polar surface area (TPSA) is 168 Å². The minimum atomic E-state index is -0.690. The Morgan fingerprint density at radius 1 is 0.269 bits per heavy atom. The maximum absolute atomic E-state index is 15.8. The number of aromatic nitrogens is 2. The fourth-order valence-corrected chi connectivity index (χ4v) is 11.9. The maximum Gasteiger partial charge on any atom is 0.266 e. The fraction of sp³-hybridized carbons (Fsp3) is 0.0625. The Morgan fingerprint density at radius 2 is 0.513 bits per heavy atom. The van der Waals surface area contributed by atoms with E-state index in [2.05, 4.69) is 0 Å². The summed E-state index contributed by atoms with van der Waals surface area (Å²) in [5, 5.41) is 5.98. The molecule has 0 spiro atoms. The Labute approximate surface area is 436 Å². The van der Waals surface area contributed by atoms with Crippen molar-refractivity contribution in [2.24, 2.45) is 0 Å². The van der Waals surface area contributed by atoms with Crippen molar-refractivity contribution >= 4 is 131 Å². The van der Waals surface area contributed by atoms with Crippen molar-refractivity contribution in [1.82, 2.24) is 9.13 Å². The molecule has 78 heavy (non-hydrogen) atoms. The van der Waals surface area contributed by atoms with Crippen LogP contribution in [0.4, 0.5) is 0 Å². The van der Waals surface area contributed by atoms with Gasteiger partial charge in [-0.2, -0.15) is 0 Å². The molecule has 4 aromatic heterocycles. The van der Waals surface area contributed by atoms with E-state index in [1.165, 1.54) is 28.4 Å². The smallest absolute Gasteiger partial charge is 0.266 e. The predicted molar refractivity (Wildman–Crippen MR) is 304 cm³/mol. The molecule has 14 nitrogen and oxygen atoms in total. The Morgan fingerprint density at radius 3 is 0.756 bits per heavy atom. The molecule has 0 fully saturated rings. The van der Waals surface area contributed by atoms with Crippen LogP contribution in [0.5, 0.6) is 23.0 Å². The minimum Gasteiger partial charge on any atom is -0.494 e. The molecule has 0 N–H and O–H groups in total. The molecule has 11 aromatic carbocycles. The monoisotopic (exact) mass is 1030 g/mol. The number of nitrogens with zero attached hydrogens (tertiary/aromatic N) is 2. The van der Waals surface area contributed by atoms with Crippen LogP contribution >= 0.6 is 0 Å². The highest BCUT2D eigenvalue weighted by Crippen LogP contribution is 2.51. The van der Waals surface area contributed by atoms with Gasteiger partial charge in [0, 0.05) is 64.6 Å². The van der Waals surface area contributed by atoms with Crippen LogP contribution in [0.15, 0.2) is 195 Å². The first kappa shape index (κ1) is 44.8. The van der Waals surface area contributed by atoms with E-state index in [1.54, 1.807) is 60.7 Å². The van der Waals surface area contributed by atoms with Crippen molar-refractivity contribution in [1.29, 1.82) is 0 Å². The molecular weight excluding hydrogens is 989 g/mol. The van der Waals surface area contributed by atoms with Gasteiger partial charge in [0.1, 0.15) is 79.0 Å². The van der Waals surface area contributed by atoms with Gasteiger partial charge in [-0.3, -0.25) is 19.2 Å². The molecule has 4 heterocycles. The quantitative estimate of drug-likeness (QED) is 0.114. The molecule has 15 aromatic rings. The van der Waals surface area contributed by atoms with E-state index in [0.717, 1.165) is 9.13 Å². The molecule has 0 saturated heterocycles. The summed E-state index contributed by atoms with van der Waals surface area (Å²) in [6.45, 7) is 0. The van der Waals surface area contributed by atoms with E-state index in [1.807, 2.05) is 97.1 Å². The van der Waals surface area contributed by atoms with Gasteiger partial charge >= 0.3 is 0 Å². The normalized spacial score (nSPS) is 12.1. The van der Waals surface area contributed by atoms with E-state index in [4.69, 9.17) is 36.6 Å². The summed E-state index contributed by atoms with van der Waals surface area (Å²) in [5.74, 6) is 0.858. The number of para-hydroxylation sites is 6. The summed E-state index contributed by atoms with van der Waals surface area (Å²) in [7, 11) is 5.81. The first-order chi connectivity index (χ1) is 38.2. The lowest BCUT2D eigenvalue weighted by atomic mass is 9.85.